The van der Waals surface area contributed by atoms with Gasteiger partial charge >= 0.3 is 0 Å². The number of guanidine groups is 1. The van der Waals surface area contributed by atoms with Gasteiger partial charge in [0.1, 0.15) is 0 Å². The van der Waals surface area contributed by atoms with Crippen molar-refractivity contribution in [3.63, 3.8) is 0 Å². The van der Waals surface area contributed by atoms with Crippen LogP contribution in [-0.4, -0.2) is 55.0 Å². The number of hydrogen-bond acceptors (Lipinski definition) is 3. The van der Waals surface area contributed by atoms with Crippen LogP contribution >= 0.6 is 11.3 Å². The second-order valence-corrected chi connectivity index (χ2v) is 8.70. The monoisotopic (exact) mass is 334 g/mol. The van der Waals surface area contributed by atoms with Gasteiger partial charge in [-0.25, -0.2) is 0 Å². The smallest absolute Gasteiger partial charge is 0.193 e. The predicted octanol–water partition coefficient (Wildman–Crippen LogP) is 2.80. The van der Waals surface area contributed by atoms with Crippen LogP contribution in [0.4, 0.5) is 0 Å². The highest BCUT2D eigenvalue weighted by Gasteiger charge is 2.31. The summed E-state index contributed by atoms with van der Waals surface area (Å²) in [4.78, 5) is 11.1. The van der Waals surface area contributed by atoms with E-state index in [1.165, 1.54) is 24.9 Å². The van der Waals surface area contributed by atoms with Gasteiger partial charge in [-0.3, -0.25) is 9.89 Å². The predicted molar refractivity (Wildman–Crippen MR) is 99.2 cm³/mol. The van der Waals surface area contributed by atoms with E-state index < -0.39 is 0 Å². The third-order valence-corrected chi connectivity index (χ3v) is 6.23. The van der Waals surface area contributed by atoms with Gasteiger partial charge in [0, 0.05) is 50.7 Å². The molecule has 1 aromatic rings. The normalized spacial score (nSPS) is 23.0. The number of nitrogens with one attached hydrogen (secondary N) is 1. The van der Waals surface area contributed by atoms with Crippen LogP contribution in [0.3, 0.4) is 0 Å². The molecule has 0 aromatic carbocycles. The molecule has 1 saturated heterocycles. The van der Waals surface area contributed by atoms with Crippen molar-refractivity contribution in [3.05, 3.63) is 21.9 Å². The van der Waals surface area contributed by atoms with Crippen LogP contribution < -0.4 is 5.32 Å². The number of aliphatic imine (C=N–C) groups is 1. The first kappa shape index (κ1) is 16.8. The van der Waals surface area contributed by atoms with Crippen molar-refractivity contribution in [1.29, 1.82) is 0 Å². The SMILES string of the molecule is CN=C(NCC(C)N1CCc2sccc2C1)N1CCC(C)(C)C1. The molecular formula is C18H30N4S. The molecule has 4 nitrogen and oxygen atoms in total. The van der Waals surface area contributed by atoms with Crippen LogP contribution in [0.1, 0.15) is 37.6 Å². The van der Waals surface area contributed by atoms with Crippen molar-refractivity contribution in [2.75, 3.05) is 33.2 Å². The second-order valence-electron chi connectivity index (χ2n) is 7.70. The van der Waals surface area contributed by atoms with Crippen LogP contribution in [0.15, 0.2) is 16.4 Å². The summed E-state index contributed by atoms with van der Waals surface area (Å²) in [5.41, 5.74) is 1.93. The van der Waals surface area contributed by atoms with Crippen molar-refractivity contribution in [1.82, 2.24) is 15.1 Å². The molecule has 0 radical (unpaired) electrons. The largest absolute Gasteiger partial charge is 0.355 e. The minimum Gasteiger partial charge on any atom is -0.355 e. The Morgan fingerprint density at radius 2 is 2.26 bits per heavy atom. The Bertz CT molecular complexity index is 563. The minimum atomic E-state index is 0.408. The molecule has 3 rings (SSSR count). The third-order valence-electron chi connectivity index (χ3n) is 5.20. The summed E-state index contributed by atoms with van der Waals surface area (Å²) in [6.07, 6.45) is 2.45. The molecule has 23 heavy (non-hydrogen) atoms. The first-order valence-electron chi connectivity index (χ1n) is 8.73. The first-order valence-corrected chi connectivity index (χ1v) is 9.61. The highest BCUT2D eigenvalue weighted by atomic mass is 32.1. The van der Waals surface area contributed by atoms with E-state index >= 15 is 0 Å². The summed E-state index contributed by atoms with van der Waals surface area (Å²) < 4.78 is 0. The number of likely N-dealkylation sites (tertiary alicyclic amines) is 1. The standard InChI is InChI=1S/C18H30N4S/c1-14(21-8-5-16-15(12-21)6-10-23-16)11-20-17(19-4)22-9-7-18(2,3)13-22/h6,10,14H,5,7-9,11-13H2,1-4H3,(H,19,20). The van der Waals surface area contributed by atoms with Crippen LogP contribution in [0, 0.1) is 5.41 Å². The summed E-state index contributed by atoms with van der Waals surface area (Å²) >= 11 is 1.91. The maximum absolute atomic E-state index is 4.49. The van der Waals surface area contributed by atoms with Gasteiger partial charge in [0.15, 0.2) is 5.96 Å². The lowest BCUT2D eigenvalue weighted by Crippen LogP contribution is -2.48. The zero-order valence-electron chi connectivity index (χ0n) is 14.9. The van der Waals surface area contributed by atoms with Gasteiger partial charge in [0.25, 0.3) is 0 Å². The Morgan fingerprint density at radius 3 is 2.96 bits per heavy atom. The van der Waals surface area contributed by atoms with Gasteiger partial charge in [0.2, 0.25) is 0 Å². The second kappa shape index (κ2) is 6.81. The van der Waals surface area contributed by atoms with Gasteiger partial charge in [0.05, 0.1) is 0 Å². The minimum absolute atomic E-state index is 0.408. The summed E-state index contributed by atoms with van der Waals surface area (Å²) in [5.74, 6) is 1.07. The molecule has 0 bridgehead atoms. The molecule has 2 aliphatic rings. The molecule has 0 saturated carbocycles. The average molecular weight is 335 g/mol. The van der Waals surface area contributed by atoms with Crippen LogP contribution in [0.2, 0.25) is 0 Å². The third kappa shape index (κ3) is 3.89. The van der Waals surface area contributed by atoms with Gasteiger partial charge in [-0.1, -0.05) is 13.8 Å². The van der Waals surface area contributed by atoms with Crippen molar-refractivity contribution >= 4 is 17.3 Å². The van der Waals surface area contributed by atoms with E-state index in [0.717, 1.165) is 32.1 Å². The van der Waals surface area contributed by atoms with E-state index in [1.54, 1.807) is 4.88 Å². The molecular weight excluding hydrogens is 304 g/mol. The zero-order chi connectivity index (χ0) is 16.4. The molecule has 1 atom stereocenters. The van der Waals surface area contributed by atoms with Crippen molar-refractivity contribution in [3.8, 4) is 0 Å². The number of rotatable bonds is 3. The quantitative estimate of drug-likeness (QED) is 0.681. The van der Waals surface area contributed by atoms with E-state index in [2.05, 4.69) is 52.3 Å². The lowest BCUT2D eigenvalue weighted by Gasteiger charge is -2.33. The molecule has 1 fully saturated rings. The van der Waals surface area contributed by atoms with Crippen molar-refractivity contribution in [2.45, 2.75) is 46.2 Å². The molecule has 5 heteroatoms. The maximum Gasteiger partial charge on any atom is 0.193 e. The van der Waals surface area contributed by atoms with Gasteiger partial charge in [-0.05, 0) is 42.2 Å². The fourth-order valence-electron chi connectivity index (χ4n) is 3.64. The molecule has 0 spiro atoms. The number of hydrogen-bond donors (Lipinski definition) is 1. The summed E-state index contributed by atoms with van der Waals surface area (Å²) in [6.45, 7) is 12.5. The summed E-state index contributed by atoms with van der Waals surface area (Å²) in [5, 5.41) is 5.83. The Morgan fingerprint density at radius 1 is 1.43 bits per heavy atom. The maximum atomic E-state index is 4.49. The molecule has 0 aliphatic carbocycles. The molecule has 1 unspecified atom stereocenters. The zero-order valence-corrected chi connectivity index (χ0v) is 15.7. The van der Waals surface area contributed by atoms with Gasteiger partial charge < -0.3 is 10.2 Å². The molecule has 1 N–H and O–H groups in total. The average Bonchev–Trinajstić information content (AvgIpc) is 3.13. The lowest BCUT2D eigenvalue weighted by atomic mass is 9.93. The Labute approximate surface area is 144 Å². The Hall–Kier alpha value is -1.07. The van der Waals surface area contributed by atoms with E-state index in [9.17, 15) is 0 Å². The fourth-order valence-corrected chi connectivity index (χ4v) is 4.53. The molecule has 1 aromatic heterocycles. The van der Waals surface area contributed by atoms with Gasteiger partial charge in [-0.15, -0.1) is 11.3 Å². The van der Waals surface area contributed by atoms with E-state index in [0.29, 0.717) is 11.5 Å². The van der Waals surface area contributed by atoms with Gasteiger partial charge in [-0.2, -0.15) is 0 Å². The summed E-state index contributed by atoms with van der Waals surface area (Å²) in [6, 6.07) is 2.81. The lowest BCUT2D eigenvalue weighted by molar-refractivity contribution is 0.191. The topological polar surface area (TPSA) is 30.9 Å². The van der Waals surface area contributed by atoms with E-state index in [1.807, 2.05) is 18.4 Å². The molecule has 2 aliphatic heterocycles. The van der Waals surface area contributed by atoms with E-state index in [4.69, 9.17) is 0 Å². The van der Waals surface area contributed by atoms with Crippen LogP contribution in [0.5, 0.6) is 0 Å². The van der Waals surface area contributed by atoms with Crippen molar-refractivity contribution in [2.24, 2.45) is 10.4 Å². The fraction of sp³-hybridized carbons (Fsp3) is 0.722. The van der Waals surface area contributed by atoms with Crippen molar-refractivity contribution < 1.29 is 0 Å². The summed E-state index contributed by atoms with van der Waals surface area (Å²) in [7, 11) is 1.90. The highest BCUT2D eigenvalue weighted by Crippen LogP contribution is 2.28. The number of fused-ring (bicyclic) bond motifs is 1. The molecule has 0 amide bonds. The van der Waals surface area contributed by atoms with Crippen LogP contribution in [-0.2, 0) is 13.0 Å². The van der Waals surface area contributed by atoms with Crippen LogP contribution in [0.25, 0.3) is 0 Å². The molecule has 128 valence electrons. The number of thiophene rings is 1. The first-order chi connectivity index (χ1) is 11.0. The van der Waals surface area contributed by atoms with E-state index in [-0.39, 0.29) is 0 Å². The Kier molecular flexibility index (Phi) is 4.97. The highest BCUT2D eigenvalue weighted by molar-refractivity contribution is 7.10. The Balaban J connectivity index is 1.51. The number of nitrogens with zero attached hydrogens (tertiary/aromatic N) is 3. The molecule has 3 heterocycles.